The third-order valence-electron chi connectivity index (χ3n) is 6.44. The summed E-state index contributed by atoms with van der Waals surface area (Å²) in [7, 11) is 0. The van der Waals surface area contributed by atoms with Gasteiger partial charge in [-0.05, 0) is 32.1 Å². The molecule has 1 saturated heterocycles. The van der Waals surface area contributed by atoms with Gasteiger partial charge in [0.15, 0.2) is 0 Å². The molecule has 6 atom stereocenters. The van der Waals surface area contributed by atoms with E-state index in [0.717, 1.165) is 4.90 Å². The van der Waals surface area contributed by atoms with Crippen LogP contribution in [-0.4, -0.2) is 123 Å². The van der Waals surface area contributed by atoms with Crippen LogP contribution >= 0.6 is 0 Å². The summed E-state index contributed by atoms with van der Waals surface area (Å²) in [6.07, 6.45) is -1.24. The molecule has 1 heterocycles. The largest absolute Gasteiger partial charge is 0.480 e. The number of hydrazine groups is 1. The lowest BCUT2D eigenvalue weighted by atomic mass is 10.0. The number of likely N-dealkylation sites (tertiary alicyclic amines) is 1. The van der Waals surface area contributed by atoms with E-state index < -0.39 is 97.3 Å². The minimum Gasteiger partial charge on any atom is -0.480 e. The van der Waals surface area contributed by atoms with Gasteiger partial charge in [0.25, 0.3) is 5.91 Å². The second-order valence-electron chi connectivity index (χ2n) is 10.5. The summed E-state index contributed by atoms with van der Waals surface area (Å²) >= 11 is 0. The maximum absolute atomic E-state index is 13.2. The molecule has 1 aliphatic rings. The Morgan fingerprint density at radius 2 is 1.57 bits per heavy atom. The number of primary amides is 1. The average molecular weight is 603 g/mol. The van der Waals surface area contributed by atoms with Gasteiger partial charge >= 0.3 is 5.97 Å². The molecular formula is C24H42N8O10. The number of hydrogen-bond donors (Lipinski definition) is 9. The summed E-state index contributed by atoms with van der Waals surface area (Å²) in [6.45, 7) is 3.32. The van der Waals surface area contributed by atoms with E-state index in [4.69, 9.17) is 27.5 Å². The van der Waals surface area contributed by atoms with Crippen LogP contribution in [0.1, 0.15) is 46.5 Å². The van der Waals surface area contributed by atoms with Crippen molar-refractivity contribution in [3.05, 3.63) is 0 Å². The fraction of sp³-hybridized carbons (Fsp3) is 0.708. The Hall–Kier alpha value is -3.87. The van der Waals surface area contributed by atoms with E-state index in [1.165, 1.54) is 6.92 Å². The van der Waals surface area contributed by atoms with Crippen LogP contribution in [0.3, 0.4) is 0 Å². The first-order valence-corrected chi connectivity index (χ1v) is 13.3. The van der Waals surface area contributed by atoms with Gasteiger partial charge in [0.05, 0.1) is 19.1 Å². The van der Waals surface area contributed by atoms with Gasteiger partial charge < -0.3 is 47.6 Å². The molecule has 0 spiro atoms. The van der Waals surface area contributed by atoms with E-state index in [-0.39, 0.29) is 25.3 Å². The predicted molar refractivity (Wildman–Crippen MR) is 144 cm³/mol. The van der Waals surface area contributed by atoms with Gasteiger partial charge in [-0.25, -0.2) is 10.6 Å². The molecule has 12 N–H and O–H groups in total. The standard InChI is InChI=1S/C24H42N8O10/c1-11(2)7-14(29-20(37)13(8-17(25)35)28-22(39)19(26)12(3)34)23(40)32(27)9-18(36)31-6-4-5-16(31)21(38)30-15(10-33)24(41)42/h11-16,19,33-34H,4-10,26-27H2,1-3H3,(H2,25,35)(H,28,39)(H,29,37)(H,30,38)(H,41,42)/t12-,13+,14+,15+,16+,19+/m1/s1. The SMILES string of the molecule is CC(C)C[C@H](NC(=O)[C@H](CC(N)=O)NC(=O)[C@@H](N)[C@@H](C)O)C(=O)N(N)CC(=O)N1CCC[C@H]1C(=O)N[C@@H](CO)C(=O)O. The van der Waals surface area contributed by atoms with E-state index in [0.29, 0.717) is 11.4 Å². The van der Waals surface area contributed by atoms with Gasteiger partial charge in [0.1, 0.15) is 36.8 Å². The molecule has 0 bridgehead atoms. The van der Waals surface area contributed by atoms with E-state index in [9.17, 15) is 38.7 Å². The quantitative estimate of drug-likeness (QED) is 0.0455. The molecule has 1 rings (SSSR count). The molecular weight excluding hydrogens is 560 g/mol. The third kappa shape index (κ3) is 10.8. The zero-order valence-electron chi connectivity index (χ0n) is 23.8. The van der Waals surface area contributed by atoms with Crippen LogP contribution < -0.4 is 33.3 Å². The van der Waals surface area contributed by atoms with Crippen molar-refractivity contribution in [1.82, 2.24) is 25.9 Å². The number of nitrogens with two attached hydrogens (primary N) is 3. The van der Waals surface area contributed by atoms with Crippen LogP contribution in [0.5, 0.6) is 0 Å². The summed E-state index contributed by atoms with van der Waals surface area (Å²) in [5, 5.41) is 35.1. The maximum Gasteiger partial charge on any atom is 0.328 e. The molecule has 6 amide bonds. The number of aliphatic hydroxyl groups excluding tert-OH is 2. The third-order valence-corrected chi connectivity index (χ3v) is 6.44. The van der Waals surface area contributed by atoms with Crippen LogP contribution in [0.4, 0.5) is 0 Å². The highest BCUT2D eigenvalue weighted by Crippen LogP contribution is 2.18. The van der Waals surface area contributed by atoms with Gasteiger partial charge in [-0.15, -0.1) is 0 Å². The fourth-order valence-corrected chi connectivity index (χ4v) is 4.17. The minimum atomic E-state index is -1.56. The number of rotatable bonds is 16. The molecule has 0 aromatic carbocycles. The lowest BCUT2D eigenvalue weighted by Crippen LogP contribution is -2.60. The Labute approximate surface area is 242 Å². The first-order valence-electron chi connectivity index (χ1n) is 13.3. The maximum atomic E-state index is 13.2. The monoisotopic (exact) mass is 602 g/mol. The smallest absolute Gasteiger partial charge is 0.328 e. The van der Waals surface area contributed by atoms with Crippen molar-refractivity contribution in [2.75, 3.05) is 19.7 Å². The van der Waals surface area contributed by atoms with Gasteiger partial charge in [0, 0.05) is 6.54 Å². The van der Waals surface area contributed by atoms with Crippen LogP contribution in [0.15, 0.2) is 0 Å². The van der Waals surface area contributed by atoms with Crippen molar-refractivity contribution >= 4 is 41.4 Å². The Morgan fingerprint density at radius 3 is 2.07 bits per heavy atom. The Kier molecular flexibility index (Phi) is 14.2. The summed E-state index contributed by atoms with van der Waals surface area (Å²) in [6, 6.07) is -6.86. The average Bonchev–Trinajstić information content (AvgIpc) is 3.39. The number of carbonyl (C=O) groups is 7. The van der Waals surface area contributed by atoms with Gasteiger partial charge in [-0.1, -0.05) is 13.8 Å². The highest BCUT2D eigenvalue weighted by atomic mass is 16.4. The number of nitrogens with one attached hydrogen (secondary N) is 3. The van der Waals surface area contributed by atoms with Crippen molar-refractivity contribution in [1.29, 1.82) is 0 Å². The number of carboxylic acids is 1. The minimum absolute atomic E-state index is 0.0450. The predicted octanol–water partition coefficient (Wildman–Crippen LogP) is -5.16. The Balaban J connectivity index is 3.00. The number of aliphatic carboxylic acids is 1. The van der Waals surface area contributed by atoms with Gasteiger partial charge in [0.2, 0.25) is 29.5 Å². The van der Waals surface area contributed by atoms with Crippen LogP contribution in [0, 0.1) is 5.92 Å². The van der Waals surface area contributed by atoms with Crippen molar-refractivity contribution in [2.45, 2.75) is 82.8 Å². The summed E-state index contributed by atoms with van der Waals surface area (Å²) in [5.41, 5.74) is 10.8. The van der Waals surface area contributed by atoms with Crippen LogP contribution in [-0.2, 0) is 33.6 Å². The normalized spacial score (nSPS) is 18.3. The topological polar surface area (TPSA) is 301 Å². The van der Waals surface area contributed by atoms with Crippen LogP contribution in [0.25, 0.3) is 0 Å². The van der Waals surface area contributed by atoms with E-state index >= 15 is 0 Å². The molecule has 0 aromatic rings. The van der Waals surface area contributed by atoms with E-state index in [1.54, 1.807) is 13.8 Å². The zero-order chi connectivity index (χ0) is 32.3. The highest BCUT2D eigenvalue weighted by Gasteiger charge is 2.37. The summed E-state index contributed by atoms with van der Waals surface area (Å²) in [4.78, 5) is 87.9. The molecule has 0 saturated carbocycles. The molecule has 0 aliphatic carbocycles. The first-order chi connectivity index (χ1) is 19.5. The zero-order valence-corrected chi connectivity index (χ0v) is 23.8. The summed E-state index contributed by atoms with van der Waals surface area (Å²) in [5.74, 6) is -0.986. The van der Waals surface area contributed by atoms with Crippen molar-refractivity contribution in [3.8, 4) is 0 Å². The second-order valence-corrected chi connectivity index (χ2v) is 10.5. The summed E-state index contributed by atoms with van der Waals surface area (Å²) < 4.78 is 0. The van der Waals surface area contributed by atoms with Crippen LogP contribution in [0.2, 0.25) is 0 Å². The van der Waals surface area contributed by atoms with E-state index in [2.05, 4.69) is 16.0 Å². The lowest BCUT2D eigenvalue weighted by molar-refractivity contribution is -0.147. The highest BCUT2D eigenvalue weighted by molar-refractivity contribution is 5.96. The Bertz CT molecular complexity index is 1020. The molecule has 0 aromatic heterocycles. The van der Waals surface area contributed by atoms with Crippen molar-refractivity contribution in [3.63, 3.8) is 0 Å². The molecule has 0 radical (unpaired) electrons. The Morgan fingerprint density at radius 1 is 0.976 bits per heavy atom. The molecule has 1 fully saturated rings. The molecule has 238 valence electrons. The molecule has 42 heavy (non-hydrogen) atoms. The number of amides is 6. The number of aliphatic hydroxyl groups is 2. The number of carboxylic acid groups (broad SMARTS) is 1. The van der Waals surface area contributed by atoms with Crippen molar-refractivity contribution in [2.24, 2.45) is 23.2 Å². The second kappa shape index (κ2) is 16.5. The van der Waals surface area contributed by atoms with E-state index in [1.807, 2.05) is 0 Å². The number of hydrogen-bond acceptors (Lipinski definition) is 11. The number of carbonyl (C=O) groups excluding carboxylic acids is 6. The molecule has 18 nitrogen and oxygen atoms in total. The number of nitrogens with zero attached hydrogens (tertiary/aromatic N) is 2. The van der Waals surface area contributed by atoms with Gasteiger partial charge in [-0.2, -0.15) is 0 Å². The molecule has 0 unspecified atom stereocenters. The van der Waals surface area contributed by atoms with Gasteiger partial charge in [-0.3, -0.25) is 33.8 Å². The lowest BCUT2D eigenvalue weighted by Gasteiger charge is -2.29. The molecule has 18 heteroatoms. The molecule has 1 aliphatic heterocycles. The first kappa shape index (κ1) is 36.2. The fourth-order valence-electron chi connectivity index (χ4n) is 4.17. The van der Waals surface area contributed by atoms with Crippen molar-refractivity contribution < 1.29 is 48.9 Å².